The molecule has 2 aromatic rings. The Hall–Kier alpha value is -1.12. The van der Waals surface area contributed by atoms with Gasteiger partial charge in [0.25, 0.3) is 0 Å². The van der Waals surface area contributed by atoms with Crippen LogP contribution in [0.1, 0.15) is 36.6 Å². The lowest BCUT2D eigenvalue weighted by Gasteiger charge is -2.37. The van der Waals surface area contributed by atoms with E-state index in [1.54, 1.807) is 0 Å². The van der Waals surface area contributed by atoms with Gasteiger partial charge < -0.3 is 0 Å². The molecule has 0 N–H and O–H groups in total. The Kier molecular flexibility index (Phi) is 4.19. The van der Waals surface area contributed by atoms with E-state index in [2.05, 4.69) is 74.5 Å². The van der Waals surface area contributed by atoms with Crippen LogP contribution < -0.4 is 0 Å². The number of benzene rings is 2. The van der Waals surface area contributed by atoms with Crippen LogP contribution in [-0.4, -0.2) is 4.08 Å². The Bertz CT molecular complexity index is 642. The SMILES string of the molecule is CC1=C(c2ccccc2)C(c2ccccc2)SC(C)(S)C1. The van der Waals surface area contributed by atoms with Gasteiger partial charge in [0.05, 0.1) is 9.33 Å². The van der Waals surface area contributed by atoms with Gasteiger partial charge in [-0.2, -0.15) is 12.6 Å². The third kappa shape index (κ3) is 3.22. The second-order valence-electron chi connectivity index (χ2n) is 5.82. The molecule has 0 aromatic heterocycles. The predicted molar refractivity (Wildman–Crippen MR) is 97.8 cm³/mol. The highest BCUT2D eigenvalue weighted by atomic mass is 32.2. The van der Waals surface area contributed by atoms with Crippen molar-refractivity contribution in [1.29, 1.82) is 0 Å². The van der Waals surface area contributed by atoms with Gasteiger partial charge in [0, 0.05) is 0 Å². The Balaban J connectivity index is 2.12. The Morgan fingerprint density at radius 2 is 1.57 bits per heavy atom. The van der Waals surface area contributed by atoms with Gasteiger partial charge in [0.15, 0.2) is 0 Å². The number of hydrogen-bond acceptors (Lipinski definition) is 2. The topological polar surface area (TPSA) is 0 Å². The third-order valence-corrected chi connectivity index (χ3v) is 5.74. The molecular formula is C19H20S2. The van der Waals surface area contributed by atoms with Crippen molar-refractivity contribution in [2.45, 2.75) is 29.6 Å². The first-order valence-corrected chi connectivity index (χ1v) is 8.60. The zero-order chi connectivity index (χ0) is 14.9. The molecule has 0 bridgehead atoms. The highest BCUT2D eigenvalue weighted by Crippen LogP contribution is 2.55. The lowest BCUT2D eigenvalue weighted by atomic mass is 9.91. The molecule has 0 radical (unpaired) electrons. The standard InChI is InChI=1S/C19H20S2/c1-14-13-19(2,20)21-18(16-11-7-4-8-12-16)17(14)15-9-5-3-6-10-15/h3-12,18,20H,13H2,1-2H3. The van der Waals surface area contributed by atoms with Crippen LogP contribution in [0, 0.1) is 0 Å². The average Bonchev–Trinajstić information content (AvgIpc) is 2.47. The summed E-state index contributed by atoms with van der Waals surface area (Å²) in [4.78, 5) is 0. The molecule has 0 fully saturated rings. The summed E-state index contributed by atoms with van der Waals surface area (Å²) >= 11 is 6.82. The minimum Gasteiger partial charge on any atom is -0.161 e. The number of hydrogen-bond donors (Lipinski definition) is 1. The smallest absolute Gasteiger partial charge is 0.0600 e. The number of thiol groups is 1. The van der Waals surface area contributed by atoms with E-state index in [-0.39, 0.29) is 4.08 Å². The van der Waals surface area contributed by atoms with E-state index in [4.69, 9.17) is 12.6 Å². The average molecular weight is 313 g/mol. The molecule has 2 aromatic carbocycles. The van der Waals surface area contributed by atoms with Gasteiger partial charge in [0.1, 0.15) is 0 Å². The normalized spacial score (nSPS) is 26.0. The van der Waals surface area contributed by atoms with Crippen molar-refractivity contribution < 1.29 is 0 Å². The molecule has 0 saturated heterocycles. The summed E-state index contributed by atoms with van der Waals surface area (Å²) in [5, 5.41) is 0.352. The number of allylic oxidation sites excluding steroid dienone is 1. The molecule has 2 heteroatoms. The maximum atomic E-state index is 4.87. The van der Waals surface area contributed by atoms with Crippen LogP contribution in [0.5, 0.6) is 0 Å². The molecule has 21 heavy (non-hydrogen) atoms. The zero-order valence-electron chi connectivity index (χ0n) is 12.4. The van der Waals surface area contributed by atoms with Crippen molar-refractivity contribution in [2.24, 2.45) is 0 Å². The molecule has 108 valence electrons. The molecule has 0 spiro atoms. The molecule has 2 atom stereocenters. The van der Waals surface area contributed by atoms with Gasteiger partial charge in [0.2, 0.25) is 0 Å². The largest absolute Gasteiger partial charge is 0.161 e. The van der Waals surface area contributed by atoms with Gasteiger partial charge in [-0.05, 0) is 37.0 Å². The van der Waals surface area contributed by atoms with Crippen LogP contribution in [-0.2, 0) is 0 Å². The molecule has 0 aliphatic carbocycles. The van der Waals surface area contributed by atoms with Crippen molar-refractivity contribution in [3.63, 3.8) is 0 Å². The summed E-state index contributed by atoms with van der Waals surface area (Å²) in [5.41, 5.74) is 5.60. The van der Waals surface area contributed by atoms with Gasteiger partial charge in [-0.1, -0.05) is 66.2 Å². The third-order valence-electron chi connectivity index (χ3n) is 3.87. The second kappa shape index (κ2) is 5.94. The monoisotopic (exact) mass is 312 g/mol. The van der Waals surface area contributed by atoms with E-state index in [0.717, 1.165) is 6.42 Å². The summed E-state index contributed by atoms with van der Waals surface area (Å²) < 4.78 is -0.0110. The molecule has 1 aliphatic heterocycles. The van der Waals surface area contributed by atoms with Gasteiger partial charge in [-0.3, -0.25) is 0 Å². The van der Waals surface area contributed by atoms with E-state index in [0.29, 0.717) is 5.25 Å². The summed E-state index contributed by atoms with van der Waals surface area (Å²) in [5.74, 6) is 0. The van der Waals surface area contributed by atoms with Crippen LogP contribution in [0.3, 0.4) is 0 Å². The van der Waals surface area contributed by atoms with E-state index < -0.39 is 0 Å². The fraction of sp³-hybridized carbons (Fsp3) is 0.263. The lowest BCUT2D eigenvalue weighted by Crippen LogP contribution is -2.21. The van der Waals surface area contributed by atoms with Crippen LogP contribution in [0.2, 0.25) is 0 Å². The van der Waals surface area contributed by atoms with Gasteiger partial charge in [-0.15, -0.1) is 11.8 Å². The van der Waals surface area contributed by atoms with E-state index in [1.807, 2.05) is 11.8 Å². The molecule has 0 nitrogen and oxygen atoms in total. The Morgan fingerprint density at radius 3 is 2.19 bits per heavy atom. The molecule has 3 rings (SSSR count). The minimum absolute atomic E-state index is 0.0110. The number of thioether (sulfide) groups is 1. The summed E-state index contributed by atoms with van der Waals surface area (Å²) in [7, 11) is 0. The first-order chi connectivity index (χ1) is 10.1. The first kappa shape index (κ1) is 14.8. The first-order valence-electron chi connectivity index (χ1n) is 7.27. The fourth-order valence-electron chi connectivity index (χ4n) is 3.04. The Labute approximate surface area is 137 Å². The van der Waals surface area contributed by atoms with E-state index >= 15 is 0 Å². The van der Waals surface area contributed by atoms with Crippen molar-refractivity contribution in [2.75, 3.05) is 0 Å². The maximum absolute atomic E-state index is 4.87. The summed E-state index contributed by atoms with van der Waals surface area (Å²) in [6, 6.07) is 21.5. The summed E-state index contributed by atoms with van der Waals surface area (Å²) in [6.45, 7) is 4.48. The van der Waals surface area contributed by atoms with Crippen LogP contribution in [0.15, 0.2) is 66.2 Å². The van der Waals surface area contributed by atoms with Crippen molar-refractivity contribution >= 4 is 30.0 Å². The quantitative estimate of drug-likeness (QED) is 0.665. The van der Waals surface area contributed by atoms with Crippen LogP contribution in [0.4, 0.5) is 0 Å². The second-order valence-corrected chi connectivity index (χ2v) is 8.72. The lowest BCUT2D eigenvalue weighted by molar-refractivity contribution is 0.849. The highest BCUT2D eigenvalue weighted by Gasteiger charge is 2.35. The zero-order valence-corrected chi connectivity index (χ0v) is 14.1. The van der Waals surface area contributed by atoms with Crippen molar-refractivity contribution in [3.8, 4) is 0 Å². The van der Waals surface area contributed by atoms with E-state index in [1.165, 1.54) is 22.3 Å². The Morgan fingerprint density at radius 1 is 1.00 bits per heavy atom. The van der Waals surface area contributed by atoms with E-state index in [9.17, 15) is 0 Å². The molecule has 1 heterocycles. The molecule has 0 amide bonds. The highest BCUT2D eigenvalue weighted by molar-refractivity contribution is 8.12. The van der Waals surface area contributed by atoms with Crippen LogP contribution in [0.25, 0.3) is 5.57 Å². The molecule has 0 saturated carbocycles. The molecular weight excluding hydrogens is 292 g/mol. The minimum atomic E-state index is -0.0110. The molecule has 1 aliphatic rings. The predicted octanol–water partition coefficient (Wildman–Crippen LogP) is 5.98. The van der Waals surface area contributed by atoms with Gasteiger partial charge in [-0.25, -0.2) is 0 Å². The van der Waals surface area contributed by atoms with Crippen molar-refractivity contribution in [1.82, 2.24) is 0 Å². The van der Waals surface area contributed by atoms with Crippen LogP contribution >= 0.6 is 24.4 Å². The van der Waals surface area contributed by atoms with Gasteiger partial charge >= 0.3 is 0 Å². The molecule has 2 unspecified atom stereocenters. The summed E-state index contributed by atoms with van der Waals surface area (Å²) in [6.07, 6.45) is 1.02. The maximum Gasteiger partial charge on any atom is 0.0600 e. The fourth-order valence-corrected chi connectivity index (χ4v) is 5.15. The van der Waals surface area contributed by atoms with Crippen molar-refractivity contribution in [3.05, 3.63) is 77.4 Å². The number of rotatable bonds is 2.